The minimum absolute atomic E-state index is 0.272. The zero-order valence-electron chi connectivity index (χ0n) is 12.3. The summed E-state index contributed by atoms with van der Waals surface area (Å²) in [5, 5.41) is 0. The van der Waals surface area contributed by atoms with Crippen molar-refractivity contribution in [1.82, 2.24) is 0 Å². The van der Waals surface area contributed by atoms with Gasteiger partial charge in [0.15, 0.2) is 0 Å². The van der Waals surface area contributed by atoms with Crippen molar-refractivity contribution >= 4 is 27.5 Å². The first-order valence-corrected chi connectivity index (χ1v) is 9.40. The number of hydrogen-bond donors (Lipinski definition) is 1. The van der Waals surface area contributed by atoms with Crippen LogP contribution in [0.5, 0.6) is 0 Å². The van der Waals surface area contributed by atoms with Crippen molar-refractivity contribution in [3.63, 3.8) is 0 Å². The summed E-state index contributed by atoms with van der Waals surface area (Å²) in [4.78, 5) is 1.31. The maximum Gasteiger partial charge on any atom is 0.261 e. The minimum Gasteiger partial charge on any atom is -0.280 e. The average Bonchev–Trinajstić information content (AvgIpc) is 2.47. The Labute approximate surface area is 130 Å². The second kappa shape index (κ2) is 6.54. The van der Waals surface area contributed by atoms with Crippen molar-refractivity contribution in [2.45, 2.75) is 29.6 Å². The Morgan fingerprint density at radius 3 is 2.00 bits per heavy atom. The molecule has 2 aromatic carbocycles. The highest BCUT2D eigenvalue weighted by Crippen LogP contribution is 2.22. The van der Waals surface area contributed by atoms with E-state index in [9.17, 15) is 8.42 Å². The van der Waals surface area contributed by atoms with Crippen LogP contribution in [0.25, 0.3) is 0 Å². The fraction of sp³-hybridized carbons (Fsp3) is 0.250. The lowest BCUT2D eigenvalue weighted by atomic mass is 10.0. The number of rotatable bonds is 5. The zero-order chi connectivity index (χ0) is 15.5. The zero-order valence-corrected chi connectivity index (χ0v) is 14.0. The van der Waals surface area contributed by atoms with Gasteiger partial charge in [-0.05, 0) is 54.1 Å². The molecule has 0 heterocycles. The molecular formula is C16H19NO2S2. The van der Waals surface area contributed by atoms with Gasteiger partial charge >= 0.3 is 0 Å². The van der Waals surface area contributed by atoms with Crippen molar-refractivity contribution in [2.75, 3.05) is 11.0 Å². The SMILES string of the molecule is CSc1ccc(S(=O)(=O)Nc2ccc(C(C)C)cc2)cc1. The van der Waals surface area contributed by atoms with Crippen LogP contribution in [0.3, 0.4) is 0 Å². The summed E-state index contributed by atoms with van der Waals surface area (Å²) < 4.78 is 27.2. The normalized spacial score (nSPS) is 11.6. The molecule has 0 unspecified atom stereocenters. The summed E-state index contributed by atoms with van der Waals surface area (Å²) >= 11 is 1.58. The van der Waals surface area contributed by atoms with Gasteiger partial charge in [-0.15, -0.1) is 11.8 Å². The molecule has 0 radical (unpaired) electrons. The summed E-state index contributed by atoms with van der Waals surface area (Å²) in [6.45, 7) is 4.21. The highest BCUT2D eigenvalue weighted by molar-refractivity contribution is 7.98. The van der Waals surface area contributed by atoms with Crippen LogP contribution in [0.15, 0.2) is 58.3 Å². The van der Waals surface area contributed by atoms with Crippen molar-refractivity contribution < 1.29 is 8.42 Å². The molecule has 2 aromatic rings. The smallest absolute Gasteiger partial charge is 0.261 e. The molecule has 0 aliphatic heterocycles. The molecule has 112 valence electrons. The third-order valence-corrected chi connectivity index (χ3v) is 5.34. The molecule has 0 spiro atoms. The first-order chi connectivity index (χ1) is 9.92. The van der Waals surface area contributed by atoms with Crippen LogP contribution in [0.2, 0.25) is 0 Å². The lowest BCUT2D eigenvalue weighted by Crippen LogP contribution is -2.12. The predicted octanol–water partition coefficient (Wildman–Crippen LogP) is 4.33. The third-order valence-electron chi connectivity index (χ3n) is 3.20. The monoisotopic (exact) mass is 321 g/mol. The maximum atomic E-state index is 12.3. The van der Waals surface area contributed by atoms with Gasteiger partial charge in [-0.1, -0.05) is 26.0 Å². The van der Waals surface area contributed by atoms with Crippen molar-refractivity contribution in [3.05, 3.63) is 54.1 Å². The van der Waals surface area contributed by atoms with Crippen LogP contribution in [0, 0.1) is 0 Å². The highest BCUT2D eigenvalue weighted by atomic mass is 32.2. The van der Waals surface area contributed by atoms with E-state index in [1.165, 1.54) is 5.56 Å². The largest absolute Gasteiger partial charge is 0.280 e. The first kappa shape index (κ1) is 15.9. The summed E-state index contributed by atoms with van der Waals surface area (Å²) in [5.74, 6) is 0.426. The third kappa shape index (κ3) is 4.02. The van der Waals surface area contributed by atoms with E-state index in [2.05, 4.69) is 18.6 Å². The molecule has 1 N–H and O–H groups in total. The molecule has 0 bridgehead atoms. The van der Waals surface area contributed by atoms with E-state index in [1.807, 2.05) is 18.4 Å². The van der Waals surface area contributed by atoms with E-state index in [-0.39, 0.29) is 4.90 Å². The fourth-order valence-corrected chi connectivity index (χ4v) is 3.37. The van der Waals surface area contributed by atoms with Gasteiger partial charge in [0, 0.05) is 10.6 Å². The Hall–Kier alpha value is -1.46. The van der Waals surface area contributed by atoms with Gasteiger partial charge in [0.2, 0.25) is 0 Å². The minimum atomic E-state index is -3.53. The Morgan fingerprint density at radius 1 is 0.952 bits per heavy atom. The van der Waals surface area contributed by atoms with Crippen LogP contribution in [-0.4, -0.2) is 14.7 Å². The van der Waals surface area contributed by atoms with E-state index in [0.29, 0.717) is 11.6 Å². The van der Waals surface area contributed by atoms with E-state index in [4.69, 9.17) is 0 Å². The van der Waals surface area contributed by atoms with E-state index < -0.39 is 10.0 Å². The van der Waals surface area contributed by atoms with Gasteiger partial charge in [-0.2, -0.15) is 0 Å². The average molecular weight is 321 g/mol. The second-order valence-corrected chi connectivity index (χ2v) is 7.62. The maximum absolute atomic E-state index is 12.3. The predicted molar refractivity (Wildman–Crippen MR) is 89.6 cm³/mol. The van der Waals surface area contributed by atoms with Crippen molar-refractivity contribution in [2.24, 2.45) is 0 Å². The lowest BCUT2D eigenvalue weighted by molar-refractivity contribution is 0.601. The number of anilines is 1. The Bertz CT molecular complexity index is 690. The number of benzene rings is 2. The summed E-state index contributed by atoms with van der Waals surface area (Å²) in [6, 6.07) is 14.3. The molecule has 0 atom stereocenters. The van der Waals surface area contributed by atoms with Gasteiger partial charge < -0.3 is 0 Å². The van der Waals surface area contributed by atoms with E-state index in [0.717, 1.165) is 4.90 Å². The van der Waals surface area contributed by atoms with Gasteiger partial charge in [-0.3, -0.25) is 4.72 Å². The van der Waals surface area contributed by atoms with Gasteiger partial charge in [0.1, 0.15) is 0 Å². The molecule has 0 fully saturated rings. The van der Waals surface area contributed by atoms with Gasteiger partial charge in [0.25, 0.3) is 10.0 Å². The van der Waals surface area contributed by atoms with Crippen LogP contribution in [0.1, 0.15) is 25.3 Å². The summed E-state index contributed by atoms with van der Waals surface area (Å²) in [6.07, 6.45) is 1.96. The van der Waals surface area contributed by atoms with Crippen LogP contribution in [0.4, 0.5) is 5.69 Å². The van der Waals surface area contributed by atoms with Crippen LogP contribution < -0.4 is 4.72 Å². The fourth-order valence-electron chi connectivity index (χ4n) is 1.91. The topological polar surface area (TPSA) is 46.2 Å². The summed E-state index contributed by atoms with van der Waals surface area (Å²) in [7, 11) is -3.53. The van der Waals surface area contributed by atoms with Gasteiger partial charge in [0.05, 0.1) is 4.90 Å². The van der Waals surface area contributed by atoms with Crippen LogP contribution in [-0.2, 0) is 10.0 Å². The number of thioether (sulfide) groups is 1. The van der Waals surface area contributed by atoms with Crippen LogP contribution >= 0.6 is 11.8 Å². The first-order valence-electron chi connectivity index (χ1n) is 6.69. The molecule has 0 aliphatic rings. The van der Waals surface area contributed by atoms with Crippen molar-refractivity contribution in [1.29, 1.82) is 0 Å². The Balaban J connectivity index is 2.19. The number of nitrogens with one attached hydrogen (secondary N) is 1. The lowest BCUT2D eigenvalue weighted by Gasteiger charge is -2.10. The van der Waals surface area contributed by atoms with E-state index in [1.54, 1.807) is 48.2 Å². The van der Waals surface area contributed by atoms with Crippen molar-refractivity contribution in [3.8, 4) is 0 Å². The molecule has 3 nitrogen and oxygen atoms in total. The second-order valence-electron chi connectivity index (χ2n) is 5.06. The Morgan fingerprint density at radius 2 is 1.52 bits per heavy atom. The summed E-state index contributed by atoms with van der Waals surface area (Å²) in [5.41, 5.74) is 1.76. The molecule has 0 saturated carbocycles. The Kier molecular flexibility index (Phi) is 4.96. The molecule has 21 heavy (non-hydrogen) atoms. The standard InChI is InChI=1S/C16H19NO2S2/c1-12(2)13-4-6-14(7-5-13)17-21(18,19)16-10-8-15(20-3)9-11-16/h4-12,17H,1-3H3. The molecule has 2 rings (SSSR count). The molecule has 0 aliphatic carbocycles. The molecule has 0 aromatic heterocycles. The quantitative estimate of drug-likeness (QED) is 0.834. The number of hydrogen-bond acceptors (Lipinski definition) is 3. The molecule has 0 amide bonds. The number of sulfonamides is 1. The van der Waals surface area contributed by atoms with E-state index >= 15 is 0 Å². The molecular weight excluding hydrogens is 302 g/mol. The molecule has 5 heteroatoms. The molecule has 0 saturated heterocycles. The van der Waals surface area contributed by atoms with Gasteiger partial charge in [-0.25, -0.2) is 8.42 Å². The highest BCUT2D eigenvalue weighted by Gasteiger charge is 2.14.